The maximum atomic E-state index is 10.8. The van der Waals surface area contributed by atoms with Crippen molar-refractivity contribution in [3.8, 4) is 0 Å². The first kappa shape index (κ1) is 11.3. The van der Waals surface area contributed by atoms with Crippen LogP contribution in [-0.4, -0.2) is 16.2 Å². The Morgan fingerprint density at radius 3 is 2.50 bits per heavy atom. The molecule has 0 aliphatic carbocycles. The molecule has 3 nitrogen and oxygen atoms in total. The molecule has 14 heavy (non-hydrogen) atoms. The number of aliphatic hydroxyl groups is 1. The van der Waals surface area contributed by atoms with Crippen molar-refractivity contribution in [2.75, 3.05) is 0 Å². The van der Waals surface area contributed by atoms with E-state index in [1.54, 1.807) is 6.92 Å². The van der Waals surface area contributed by atoms with Crippen LogP contribution in [0, 0.1) is 6.92 Å². The topological polar surface area (TPSA) is 57.5 Å². The predicted octanol–water partition coefficient (Wildman–Crippen LogP) is 2.49. The highest BCUT2D eigenvalue weighted by molar-refractivity contribution is 6.42. The minimum absolute atomic E-state index is 0.0144. The lowest BCUT2D eigenvalue weighted by Gasteiger charge is -2.10. The van der Waals surface area contributed by atoms with Gasteiger partial charge in [-0.05, 0) is 24.1 Å². The molecule has 0 saturated carbocycles. The van der Waals surface area contributed by atoms with Gasteiger partial charge in [-0.1, -0.05) is 23.2 Å². The fourth-order valence-corrected chi connectivity index (χ4v) is 1.60. The summed E-state index contributed by atoms with van der Waals surface area (Å²) in [6.07, 6.45) is 0. The summed E-state index contributed by atoms with van der Waals surface area (Å²) in [6.45, 7) is 1.25. The van der Waals surface area contributed by atoms with E-state index >= 15 is 0 Å². The average Bonchev–Trinajstić information content (AvgIpc) is 2.13. The van der Waals surface area contributed by atoms with Gasteiger partial charge in [0.25, 0.3) is 0 Å². The zero-order chi connectivity index (χ0) is 10.9. The van der Waals surface area contributed by atoms with E-state index in [0.29, 0.717) is 11.1 Å². The largest absolute Gasteiger partial charge is 0.478 e. The first-order valence-corrected chi connectivity index (χ1v) is 4.56. The number of hydrogen-bond donors (Lipinski definition) is 2. The van der Waals surface area contributed by atoms with E-state index in [9.17, 15) is 4.79 Å². The lowest BCUT2D eigenvalue weighted by Crippen LogP contribution is -2.05. The molecule has 76 valence electrons. The first-order valence-electron chi connectivity index (χ1n) is 3.80. The van der Waals surface area contributed by atoms with Crippen LogP contribution in [0.5, 0.6) is 0 Å². The summed E-state index contributed by atoms with van der Waals surface area (Å²) in [4.78, 5) is 10.8. The molecule has 0 bridgehead atoms. The second kappa shape index (κ2) is 4.17. The van der Waals surface area contributed by atoms with Gasteiger partial charge >= 0.3 is 5.97 Å². The Kier molecular flexibility index (Phi) is 3.37. The quantitative estimate of drug-likeness (QED) is 0.827. The van der Waals surface area contributed by atoms with E-state index < -0.39 is 5.97 Å². The third-order valence-corrected chi connectivity index (χ3v) is 2.86. The van der Waals surface area contributed by atoms with Crippen LogP contribution in [0.1, 0.15) is 21.5 Å². The molecule has 5 heteroatoms. The molecule has 0 radical (unpaired) electrons. The summed E-state index contributed by atoms with van der Waals surface area (Å²) in [5.41, 5.74) is 0.783. The van der Waals surface area contributed by atoms with Gasteiger partial charge in [0, 0.05) is 0 Å². The van der Waals surface area contributed by atoms with E-state index in [2.05, 4.69) is 0 Å². The molecule has 0 spiro atoms. The van der Waals surface area contributed by atoms with Gasteiger partial charge < -0.3 is 10.2 Å². The zero-order valence-corrected chi connectivity index (χ0v) is 8.85. The van der Waals surface area contributed by atoms with Crippen molar-refractivity contribution in [2.24, 2.45) is 0 Å². The Balaban J connectivity index is 3.51. The van der Waals surface area contributed by atoms with Gasteiger partial charge in [-0.3, -0.25) is 0 Å². The van der Waals surface area contributed by atoms with E-state index in [1.165, 1.54) is 6.07 Å². The Morgan fingerprint density at radius 1 is 1.50 bits per heavy atom. The van der Waals surface area contributed by atoms with Gasteiger partial charge in [0.15, 0.2) is 0 Å². The van der Waals surface area contributed by atoms with Crippen LogP contribution in [0.4, 0.5) is 0 Å². The van der Waals surface area contributed by atoms with Crippen LogP contribution in [-0.2, 0) is 6.61 Å². The molecule has 0 aromatic heterocycles. The molecule has 1 aromatic rings. The second-order valence-corrected chi connectivity index (χ2v) is 3.57. The predicted molar refractivity (Wildman–Crippen MR) is 54.1 cm³/mol. The number of halogens is 2. The summed E-state index contributed by atoms with van der Waals surface area (Å²) in [6, 6.07) is 1.24. The smallest absolute Gasteiger partial charge is 0.336 e. The number of carboxylic acids is 1. The number of carboxylic acid groups (broad SMARTS) is 1. The summed E-state index contributed by atoms with van der Waals surface area (Å²) < 4.78 is 0. The normalized spacial score (nSPS) is 10.3. The molecule has 0 heterocycles. The van der Waals surface area contributed by atoms with Gasteiger partial charge in [0.2, 0.25) is 0 Å². The SMILES string of the molecule is Cc1c(Cl)c(Cl)cc(C(=O)O)c1CO. The summed E-state index contributed by atoms with van der Waals surface area (Å²) in [7, 11) is 0. The van der Waals surface area contributed by atoms with Crippen LogP contribution >= 0.6 is 23.2 Å². The molecule has 0 saturated heterocycles. The Morgan fingerprint density at radius 2 is 2.07 bits per heavy atom. The molecule has 1 rings (SSSR count). The third-order valence-electron chi connectivity index (χ3n) is 1.98. The van der Waals surface area contributed by atoms with Gasteiger partial charge in [-0.25, -0.2) is 4.79 Å². The summed E-state index contributed by atoms with van der Waals surface area (Å²) in [5, 5.41) is 18.3. The van der Waals surface area contributed by atoms with Crippen molar-refractivity contribution < 1.29 is 15.0 Å². The van der Waals surface area contributed by atoms with Gasteiger partial charge in [0.1, 0.15) is 0 Å². The van der Waals surface area contributed by atoms with Crippen LogP contribution in [0.3, 0.4) is 0 Å². The van der Waals surface area contributed by atoms with Crippen molar-refractivity contribution in [1.82, 2.24) is 0 Å². The summed E-state index contributed by atoms with van der Waals surface area (Å²) in [5.74, 6) is -1.13. The molecule has 0 aliphatic rings. The van der Waals surface area contributed by atoms with Crippen molar-refractivity contribution in [1.29, 1.82) is 0 Å². The van der Waals surface area contributed by atoms with E-state index in [4.69, 9.17) is 33.4 Å². The van der Waals surface area contributed by atoms with Crippen LogP contribution < -0.4 is 0 Å². The Labute approximate surface area is 90.9 Å². The molecular formula is C9H8Cl2O3. The lowest BCUT2D eigenvalue weighted by molar-refractivity contribution is 0.0693. The fraction of sp³-hybridized carbons (Fsp3) is 0.222. The number of aliphatic hydroxyl groups excluding tert-OH is 1. The van der Waals surface area contributed by atoms with Crippen molar-refractivity contribution in [3.05, 3.63) is 32.8 Å². The van der Waals surface area contributed by atoms with Crippen LogP contribution in [0.15, 0.2) is 6.07 Å². The Bertz CT molecular complexity index is 388. The molecule has 0 amide bonds. The van der Waals surface area contributed by atoms with Gasteiger partial charge in [-0.15, -0.1) is 0 Å². The highest BCUT2D eigenvalue weighted by atomic mass is 35.5. The highest BCUT2D eigenvalue weighted by Gasteiger charge is 2.16. The van der Waals surface area contributed by atoms with Crippen molar-refractivity contribution in [3.63, 3.8) is 0 Å². The average molecular weight is 235 g/mol. The minimum atomic E-state index is -1.13. The molecule has 0 aliphatic heterocycles. The summed E-state index contributed by atoms with van der Waals surface area (Å²) >= 11 is 11.5. The molecular weight excluding hydrogens is 227 g/mol. The Hall–Kier alpha value is -0.770. The molecule has 0 atom stereocenters. The number of hydrogen-bond acceptors (Lipinski definition) is 2. The van der Waals surface area contributed by atoms with E-state index in [1.807, 2.05) is 0 Å². The third kappa shape index (κ3) is 1.85. The van der Waals surface area contributed by atoms with Crippen molar-refractivity contribution >= 4 is 29.2 Å². The monoisotopic (exact) mass is 234 g/mol. The van der Waals surface area contributed by atoms with Crippen molar-refractivity contribution in [2.45, 2.75) is 13.5 Å². The molecule has 2 N–H and O–H groups in total. The molecule has 1 aromatic carbocycles. The second-order valence-electron chi connectivity index (χ2n) is 2.79. The number of benzene rings is 1. The zero-order valence-electron chi connectivity index (χ0n) is 7.34. The first-order chi connectivity index (χ1) is 6.49. The minimum Gasteiger partial charge on any atom is -0.478 e. The maximum absolute atomic E-state index is 10.8. The highest BCUT2D eigenvalue weighted by Crippen LogP contribution is 2.30. The molecule has 0 fully saturated rings. The lowest BCUT2D eigenvalue weighted by atomic mass is 10.0. The number of aromatic carboxylic acids is 1. The maximum Gasteiger partial charge on any atom is 0.336 e. The van der Waals surface area contributed by atoms with Crippen LogP contribution in [0.2, 0.25) is 10.0 Å². The standard InChI is InChI=1S/C9H8Cl2O3/c1-4-6(3-12)5(9(13)14)2-7(10)8(4)11/h2,12H,3H2,1H3,(H,13,14). The van der Waals surface area contributed by atoms with Gasteiger partial charge in [-0.2, -0.15) is 0 Å². The van der Waals surface area contributed by atoms with E-state index in [-0.39, 0.29) is 22.2 Å². The fourth-order valence-electron chi connectivity index (χ4n) is 1.19. The molecule has 0 unspecified atom stereocenters. The van der Waals surface area contributed by atoms with Gasteiger partial charge in [0.05, 0.1) is 22.2 Å². The van der Waals surface area contributed by atoms with Crippen LogP contribution in [0.25, 0.3) is 0 Å². The number of carbonyl (C=O) groups is 1. The van der Waals surface area contributed by atoms with E-state index in [0.717, 1.165) is 0 Å². The number of rotatable bonds is 2.